The zero-order chi connectivity index (χ0) is 58.5. The van der Waals surface area contributed by atoms with Crippen molar-refractivity contribution in [2.75, 3.05) is 13.2 Å². The largest absolute Gasteiger partial charge is 0.462 e. The van der Waals surface area contributed by atoms with Crippen LogP contribution in [0.5, 0.6) is 0 Å². The molecule has 0 N–H and O–H groups in total. The maximum atomic E-state index is 12.9. The van der Waals surface area contributed by atoms with Gasteiger partial charge in [-0.2, -0.15) is 0 Å². The lowest BCUT2D eigenvalue weighted by molar-refractivity contribution is -0.167. The lowest BCUT2D eigenvalue weighted by atomic mass is 10.0. The first-order chi connectivity index (χ1) is 40.0. The van der Waals surface area contributed by atoms with E-state index in [0.29, 0.717) is 19.3 Å². The van der Waals surface area contributed by atoms with Crippen LogP contribution in [0.15, 0.2) is 24.3 Å². The van der Waals surface area contributed by atoms with E-state index in [0.717, 1.165) is 70.6 Å². The number of rotatable bonds is 69. The second-order valence-electron chi connectivity index (χ2n) is 25.2. The third-order valence-corrected chi connectivity index (χ3v) is 17.0. The predicted octanol–water partition coefficient (Wildman–Crippen LogP) is 25.3. The molecule has 6 nitrogen and oxygen atoms in total. The zero-order valence-electron chi connectivity index (χ0n) is 55.1. The standard InChI is InChI=1S/C75H142O6/c1-4-7-10-13-16-19-22-24-26-28-30-31-32-33-34-35-36-37-38-39-40-41-42-43-44-45-46-48-49-51-53-56-59-62-65-68-74(77)80-71-72(70-79-73(76)67-64-61-58-55-21-18-15-12-9-6-3)81-75(78)69-66-63-60-57-54-52-50-47-29-27-25-23-20-17-14-11-8-5-2/h20,23,27,29,72H,4-19,21-22,24-26,28,30-71H2,1-3H3/b23-20-,29-27-. The highest BCUT2D eigenvalue weighted by Gasteiger charge is 2.20. The van der Waals surface area contributed by atoms with Crippen LogP contribution in [0.2, 0.25) is 0 Å². The average molecular weight is 1140 g/mol. The molecule has 6 heteroatoms. The molecule has 0 aliphatic heterocycles. The van der Waals surface area contributed by atoms with Crippen molar-refractivity contribution in [2.45, 2.75) is 425 Å². The highest BCUT2D eigenvalue weighted by molar-refractivity contribution is 5.71. The molecule has 0 aromatic heterocycles. The summed E-state index contributed by atoms with van der Waals surface area (Å²) in [6.07, 6.45) is 86.8. The smallest absolute Gasteiger partial charge is 0.306 e. The fourth-order valence-corrected chi connectivity index (χ4v) is 11.4. The summed E-state index contributed by atoms with van der Waals surface area (Å²) in [5, 5.41) is 0. The van der Waals surface area contributed by atoms with E-state index < -0.39 is 6.10 Å². The van der Waals surface area contributed by atoms with Gasteiger partial charge in [0, 0.05) is 19.3 Å². The third-order valence-electron chi connectivity index (χ3n) is 17.0. The van der Waals surface area contributed by atoms with E-state index in [1.54, 1.807) is 0 Å². The minimum atomic E-state index is -0.772. The Morgan fingerprint density at radius 3 is 0.691 bits per heavy atom. The molecular weight excluding hydrogens is 997 g/mol. The fraction of sp³-hybridized carbons (Fsp3) is 0.907. The van der Waals surface area contributed by atoms with Crippen LogP contribution < -0.4 is 0 Å². The number of allylic oxidation sites excluding steroid dienone is 4. The van der Waals surface area contributed by atoms with E-state index in [4.69, 9.17) is 14.2 Å². The minimum Gasteiger partial charge on any atom is -0.462 e. The van der Waals surface area contributed by atoms with Gasteiger partial charge in [-0.05, 0) is 51.4 Å². The average Bonchev–Trinajstić information content (AvgIpc) is 3.47. The van der Waals surface area contributed by atoms with Crippen molar-refractivity contribution in [1.82, 2.24) is 0 Å². The summed E-state index contributed by atoms with van der Waals surface area (Å²) in [6.45, 7) is 6.68. The SMILES string of the molecule is CCCCCC/C=C\C/C=C\CCCCCCCCCC(=O)OC(COC(=O)CCCCCCCCCCCC)COC(=O)CCCCCCCCCCCCCCCCCCCCCCCCCCCCCCCCCCCCC. The number of hydrogen-bond donors (Lipinski definition) is 0. The summed E-state index contributed by atoms with van der Waals surface area (Å²) in [7, 11) is 0. The number of carbonyl (C=O) groups excluding carboxylic acids is 3. The molecule has 0 bridgehead atoms. The third kappa shape index (κ3) is 68.6. The van der Waals surface area contributed by atoms with Crippen molar-refractivity contribution in [3.8, 4) is 0 Å². The van der Waals surface area contributed by atoms with E-state index in [-0.39, 0.29) is 31.1 Å². The van der Waals surface area contributed by atoms with Gasteiger partial charge in [-0.3, -0.25) is 14.4 Å². The van der Waals surface area contributed by atoms with Gasteiger partial charge in [0.2, 0.25) is 0 Å². The van der Waals surface area contributed by atoms with Gasteiger partial charge in [-0.15, -0.1) is 0 Å². The number of ether oxygens (including phenoxy) is 3. The van der Waals surface area contributed by atoms with Gasteiger partial charge in [0.1, 0.15) is 13.2 Å². The van der Waals surface area contributed by atoms with E-state index in [9.17, 15) is 14.4 Å². The molecule has 0 saturated heterocycles. The first kappa shape index (κ1) is 78.9. The molecule has 0 spiro atoms. The summed E-state index contributed by atoms with van der Waals surface area (Å²) < 4.78 is 16.9. The highest BCUT2D eigenvalue weighted by atomic mass is 16.6. The van der Waals surface area contributed by atoms with Gasteiger partial charge in [-0.25, -0.2) is 0 Å². The molecule has 0 saturated carbocycles. The van der Waals surface area contributed by atoms with Crippen molar-refractivity contribution < 1.29 is 28.6 Å². The van der Waals surface area contributed by atoms with Crippen molar-refractivity contribution in [3.63, 3.8) is 0 Å². The van der Waals surface area contributed by atoms with E-state index in [1.807, 2.05) is 0 Å². The molecule has 0 aromatic carbocycles. The van der Waals surface area contributed by atoms with Gasteiger partial charge < -0.3 is 14.2 Å². The first-order valence-electron chi connectivity index (χ1n) is 36.8. The predicted molar refractivity (Wildman–Crippen MR) is 353 cm³/mol. The first-order valence-corrected chi connectivity index (χ1v) is 36.8. The monoisotopic (exact) mass is 1140 g/mol. The van der Waals surface area contributed by atoms with Gasteiger partial charge >= 0.3 is 17.9 Å². The number of hydrogen-bond acceptors (Lipinski definition) is 6. The molecule has 81 heavy (non-hydrogen) atoms. The molecule has 0 aromatic rings. The Hall–Kier alpha value is -2.11. The summed E-state index contributed by atoms with van der Waals surface area (Å²) in [5.41, 5.74) is 0. The molecule has 478 valence electrons. The topological polar surface area (TPSA) is 78.9 Å². The lowest BCUT2D eigenvalue weighted by Gasteiger charge is -2.18. The highest BCUT2D eigenvalue weighted by Crippen LogP contribution is 2.19. The maximum absolute atomic E-state index is 12.9. The van der Waals surface area contributed by atoms with Crippen molar-refractivity contribution in [2.24, 2.45) is 0 Å². The van der Waals surface area contributed by atoms with E-state index >= 15 is 0 Å². The number of esters is 3. The van der Waals surface area contributed by atoms with Crippen molar-refractivity contribution in [1.29, 1.82) is 0 Å². The molecule has 0 rings (SSSR count). The quantitative estimate of drug-likeness (QED) is 0.0261. The van der Waals surface area contributed by atoms with Crippen molar-refractivity contribution in [3.05, 3.63) is 24.3 Å². The molecule has 0 fully saturated rings. The lowest BCUT2D eigenvalue weighted by Crippen LogP contribution is -2.30. The van der Waals surface area contributed by atoms with Crippen LogP contribution in [0.4, 0.5) is 0 Å². The Kier molecular flexibility index (Phi) is 68.5. The van der Waals surface area contributed by atoms with Crippen LogP contribution in [0, 0.1) is 0 Å². The Morgan fingerprint density at radius 1 is 0.247 bits per heavy atom. The van der Waals surface area contributed by atoms with Crippen molar-refractivity contribution >= 4 is 17.9 Å². The van der Waals surface area contributed by atoms with Crippen LogP contribution in [-0.2, 0) is 28.6 Å². The molecule has 0 heterocycles. The number of carbonyl (C=O) groups is 3. The van der Waals surface area contributed by atoms with E-state index in [2.05, 4.69) is 45.1 Å². The van der Waals surface area contributed by atoms with Crippen LogP contribution in [0.25, 0.3) is 0 Å². The Labute approximate surface area is 506 Å². The van der Waals surface area contributed by atoms with Crippen LogP contribution >= 0.6 is 0 Å². The van der Waals surface area contributed by atoms with Gasteiger partial charge in [0.15, 0.2) is 6.10 Å². The van der Waals surface area contributed by atoms with Gasteiger partial charge in [0.25, 0.3) is 0 Å². The molecular formula is C75H142O6. The molecule has 0 radical (unpaired) electrons. The molecule has 1 atom stereocenters. The molecule has 0 aliphatic carbocycles. The normalized spacial score (nSPS) is 12.1. The molecule has 0 aliphatic rings. The van der Waals surface area contributed by atoms with Crippen LogP contribution in [0.1, 0.15) is 419 Å². The van der Waals surface area contributed by atoms with Crippen LogP contribution in [-0.4, -0.2) is 37.2 Å². The van der Waals surface area contributed by atoms with Crippen LogP contribution in [0.3, 0.4) is 0 Å². The Balaban J connectivity index is 4.00. The summed E-state index contributed by atoms with van der Waals surface area (Å²) in [5.74, 6) is -0.850. The Morgan fingerprint density at radius 2 is 0.444 bits per heavy atom. The van der Waals surface area contributed by atoms with E-state index in [1.165, 1.54) is 308 Å². The Bertz CT molecular complexity index is 1310. The summed E-state index contributed by atoms with van der Waals surface area (Å²) in [4.78, 5) is 38.3. The van der Waals surface area contributed by atoms with Gasteiger partial charge in [0.05, 0.1) is 0 Å². The van der Waals surface area contributed by atoms with Gasteiger partial charge in [-0.1, -0.05) is 373 Å². The maximum Gasteiger partial charge on any atom is 0.306 e. The minimum absolute atomic E-state index is 0.0686. The second-order valence-corrected chi connectivity index (χ2v) is 25.2. The molecule has 1 unspecified atom stereocenters. The fourth-order valence-electron chi connectivity index (χ4n) is 11.4. The summed E-state index contributed by atoms with van der Waals surface area (Å²) >= 11 is 0. The molecule has 0 amide bonds. The second kappa shape index (κ2) is 70.4. The summed E-state index contributed by atoms with van der Waals surface area (Å²) in [6, 6.07) is 0. The number of unbranched alkanes of at least 4 members (excludes halogenated alkanes) is 54. The zero-order valence-corrected chi connectivity index (χ0v) is 55.1.